The molecule has 0 saturated carbocycles. The van der Waals surface area contributed by atoms with Gasteiger partial charge in [-0.05, 0) is 64.0 Å². The van der Waals surface area contributed by atoms with Crippen LogP contribution in [0.2, 0.25) is 0 Å². The zero-order valence-electron chi connectivity index (χ0n) is 17.1. The summed E-state index contributed by atoms with van der Waals surface area (Å²) in [5, 5.41) is 7.77. The van der Waals surface area contributed by atoms with E-state index in [2.05, 4.69) is 15.3 Å². The third kappa shape index (κ3) is 4.27. The number of aryl methyl sites for hydroxylation is 1. The fourth-order valence-electron chi connectivity index (χ4n) is 4.13. The summed E-state index contributed by atoms with van der Waals surface area (Å²) >= 11 is 0. The second kappa shape index (κ2) is 8.66. The number of para-hydroxylation sites is 1. The first-order chi connectivity index (χ1) is 14.1. The van der Waals surface area contributed by atoms with Crippen LogP contribution in [0.15, 0.2) is 53.1 Å². The average molecular weight is 393 g/mol. The predicted octanol–water partition coefficient (Wildman–Crippen LogP) is 3.58. The highest BCUT2D eigenvalue weighted by Crippen LogP contribution is 2.25. The monoisotopic (exact) mass is 392 g/mol. The molecule has 6 heteroatoms. The minimum atomic E-state index is 0.0135. The van der Waals surface area contributed by atoms with Crippen molar-refractivity contribution in [1.82, 2.24) is 20.0 Å². The number of furan rings is 1. The zero-order valence-corrected chi connectivity index (χ0v) is 17.1. The molecule has 1 amide bonds. The molecule has 3 aromatic rings. The molecule has 4 rings (SSSR count). The average Bonchev–Trinajstić information content (AvgIpc) is 3.49. The lowest BCUT2D eigenvalue weighted by atomic mass is 10.1. The van der Waals surface area contributed by atoms with Crippen LogP contribution in [0.1, 0.15) is 41.6 Å². The molecule has 6 nitrogen and oxygen atoms in total. The zero-order chi connectivity index (χ0) is 20.2. The predicted molar refractivity (Wildman–Crippen MR) is 112 cm³/mol. The minimum absolute atomic E-state index is 0.0135. The third-order valence-electron chi connectivity index (χ3n) is 5.72. The first-order valence-corrected chi connectivity index (χ1v) is 10.3. The highest BCUT2D eigenvalue weighted by molar-refractivity contribution is 5.79. The number of hydrogen-bond acceptors (Lipinski definition) is 4. The molecule has 0 unspecified atom stereocenters. The molecule has 0 aliphatic carbocycles. The van der Waals surface area contributed by atoms with E-state index in [0.717, 1.165) is 41.5 Å². The maximum atomic E-state index is 12.8. The minimum Gasteiger partial charge on any atom is -0.468 e. The Labute approximate surface area is 171 Å². The number of amides is 1. The van der Waals surface area contributed by atoms with E-state index >= 15 is 0 Å². The van der Waals surface area contributed by atoms with Crippen LogP contribution >= 0.6 is 0 Å². The van der Waals surface area contributed by atoms with Crippen LogP contribution in [0.3, 0.4) is 0 Å². The van der Waals surface area contributed by atoms with Crippen LogP contribution in [-0.2, 0) is 11.2 Å². The van der Waals surface area contributed by atoms with E-state index in [1.807, 2.05) is 61.0 Å². The van der Waals surface area contributed by atoms with E-state index in [-0.39, 0.29) is 11.9 Å². The van der Waals surface area contributed by atoms with Gasteiger partial charge in [0.25, 0.3) is 0 Å². The number of likely N-dealkylation sites (tertiary alicyclic amines) is 1. The summed E-state index contributed by atoms with van der Waals surface area (Å²) in [6.45, 7) is 6.63. The van der Waals surface area contributed by atoms with Gasteiger partial charge in [-0.25, -0.2) is 4.68 Å². The molecule has 3 heterocycles. The second-order valence-electron chi connectivity index (χ2n) is 7.65. The van der Waals surface area contributed by atoms with Crippen LogP contribution in [-0.4, -0.2) is 40.2 Å². The molecular weight excluding hydrogens is 364 g/mol. The maximum Gasteiger partial charge on any atom is 0.224 e. The van der Waals surface area contributed by atoms with Gasteiger partial charge in [0.1, 0.15) is 5.76 Å². The number of nitrogens with one attached hydrogen (secondary N) is 1. The summed E-state index contributed by atoms with van der Waals surface area (Å²) in [6.07, 6.45) is 4.42. The molecule has 29 heavy (non-hydrogen) atoms. The van der Waals surface area contributed by atoms with Crippen molar-refractivity contribution in [3.05, 3.63) is 71.4 Å². The van der Waals surface area contributed by atoms with Crippen molar-refractivity contribution in [2.75, 3.05) is 19.6 Å². The fraction of sp³-hybridized carbons (Fsp3) is 0.391. The number of aromatic nitrogens is 2. The summed E-state index contributed by atoms with van der Waals surface area (Å²) in [4.78, 5) is 15.1. The lowest BCUT2D eigenvalue weighted by Crippen LogP contribution is -2.37. The smallest absolute Gasteiger partial charge is 0.224 e. The fourth-order valence-corrected chi connectivity index (χ4v) is 4.13. The second-order valence-corrected chi connectivity index (χ2v) is 7.65. The van der Waals surface area contributed by atoms with Crippen LogP contribution < -0.4 is 5.32 Å². The SMILES string of the molecule is Cc1nn(-c2ccccc2)c(C)c1CC(=O)NC[C@H](c1ccco1)N1CCCC1. The number of carbonyl (C=O) groups excluding carboxylic acids is 1. The molecule has 1 N–H and O–H groups in total. The van der Waals surface area contributed by atoms with E-state index in [0.29, 0.717) is 13.0 Å². The van der Waals surface area contributed by atoms with E-state index in [9.17, 15) is 4.79 Å². The molecular formula is C23H28N4O2. The Morgan fingerprint density at radius 2 is 1.90 bits per heavy atom. The number of carbonyl (C=O) groups is 1. The molecule has 1 fully saturated rings. The van der Waals surface area contributed by atoms with Gasteiger partial charge in [-0.1, -0.05) is 18.2 Å². The quantitative estimate of drug-likeness (QED) is 0.668. The highest BCUT2D eigenvalue weighted by atomic mass is 16.3. The van der Waals surface area contributed by atoms with E-state index in [1.54, 1.807) is 6.26 Å². The molecule has 1 aliphatic heterocycles. The summed E-state index contributed by atoms with van der Waals surface area (Å²) in [6, 6.07) is 14.0. The summed E-state index contributed by atoms with van der Waals surface area (Å²) in [7, 11) is 0. The molecule has 0 radical (unpaired) electrons. The lowest BCUT2D eigenvalue weighted by Gasteiger charge is -2.26. The van der Waals surface area contributed by atoms with Gasteiger partial charge in [0, 0.05) is 17.8 Å². The van der Waals surface area contributed by atoms with Crippen molar-refractivity contribution in [1.29, 1.82) is 0 Å². The van der Waals surface area contributed by atoms with E-state index in [1.165, 1.54) is 12.8 Å². The Morgan fingerprint density at radius 3 is 2.59 bits per heavy atom. The highest BCUT2D eigenvalue weighted by Gasteiger charge is 2.26. The van der Waals surface area contributed by atoms with Gasteiger partial charge in [-0.15, -0.1) is 0 Å². The largest absolute Gasteiger partial charge is 0.468 e. The van der Waals surface area contributed by atoms with Crippen molar-refractivity contribution >= 4 is 5.91 Å². The standard InChI is InChI=1S/C23H28N4O2/c1-17-20(18(2)27(25-17)19-9-4-3-5-10-19)15-23(28)24-16-21(22-11-8-14-29-22)26-12-6-7-13-26/h3-5,8-11,14,21H,6-7,12-13,15-16H2,1-2H3,(H,24,28)/t21-/m1/s1. The molecule has 1 saturated heterocycles. The lowest BCUT2D eigenvalue weighted by molar-refractivity contribution is -0.120. The van der Waals surface area contributed by atoms with E-state index in [4.69, 9.17) is 4.42 Å². The van der Waals surface area contributed by atoms with Gasteiger partial charge < -0.3 is 9.73 Å². The normalized spacial score (nSPS) is 15.5. The van der Waals surface area contributed by atoms with Gasteiger partial charge in [-0.3, -0.25) is 9.69 Å². The Kier molecular flexibility index (Phi) is 5.81. The van der Waals surface area contributed by atoms with Gasteiger partial charge >= 0.3 is 0 Å². The number of rotatable bonds is 7. The van der Waals surface area contributed by atoms with Crippen molar-refractivity contribution in [3.63, 3.8) is 0 Å². The summed E-state index contributed by atoms with van der Waals surface area (Å²) in [5.41, 5.74) is 3.89. The van der Waals surface area contributed by atoms with Gasteiger partial charge in [-0.2, -0.15) is 5.10 Å². The van der Waals surface area contributed by atoms with Crippen molar-refractivity contribution in [3.8, 4) is 5.69 Å². The Bertz CT molecular complexity index is 941. The molecule has 152 valence electrons. The number of benzene rings is 1. The van der Waals surface area contributed by atoms with E-state index < -0.39 is 0 Å². The topological polar surface area (TPSA) is 63.3 Å². The maximum absolute atomic E-state index is 12.8. The Hall–Kier alpha value is -2.86. The van der Waals surface area contributed by atoms with Crippen molar-refractivity contribution < 1.29 is 9.21 Å². The number of hydrogen-bond donors (Lipinski definition) is 1. The van der Waals surface area contributed by atoms with Gasteiger partial charge in [0.05, 0.1) is 30.1 Å². The summed E-state index contributed by atoms with van der Waals surface area (Å²) < 4.78 is 7.55. The number of nitrogens with zero attached hydrogens (tertiary/aromatic N) is 3. The Morgan fingerprint density at radius 1 is 1.14 bits per heavy atom. The van der Waals surface area contributed by atoms with Crippen LogP contribution in [0.25, 0.3) is 5.69 Å². The first kappa shape index (κ1) is 19.5. The first-order valence-electron chi connectivity index (χ1n) is 10.3. The Balaban J connectivity index is 1.44. The molecule has 1 atom stereocenters. The molecule has 1 aliphatic rings. The van der Waals surface area contributed by atoms with Crippen LogP contribution in [0.4, 0.5) is 0 Å². The van der Waals surface area contributed by atoms with Crippen LogP contribution in [0, 0.1) is 13.8 Å². The molecule has 0 spiro atoms. The third-order valence-corrected chi connectivity index (χ3v) is 5.72. The molecule has 2 aromatic heterocycles. The van der Waals surface area contributed by atoms with Crippen LogP contribution in [0.5, 0.6) is 0 Å². The van der Waals surface area contributed by atoms with Crippen molar-refractivity contribution in [2.45, 2.75) is 39.2 Å². The molecule has 1 aromatic carbocycles. The van der Waals surface area contributed by atoms with Gasteiger partial charge in [0.15, 0.2) is 0 Å². The van der Waals surface area contributed by atoms with Gasteiger partial charge in [0.2, 0.25) is 5.91 Å². The van der Waals surface area contributed by atoms with Crippen molar-refractivity contribution in [2.24, 2.45) is 0 Å². The summed E-state index contributed by atoms with van der Waals surface area (Å²) in [5.74, 6) is 0.927. The molecule has 0 bridgehead atoms.